The topological polar surface area (TPSA) is 34.1 Å². The molecule has 10 heteroatoms. The Balaban J connectivity index is 6.24. The van der Waals surface area contributed by atoms with E-state index in [1.807, 2.05) is 0 Å². The molecule has 2 nitrogen and oxygen atoms in total. The molecule has 0 bridgehead atoms. The van der Waals surface area contributed by atoms with Crippen molar-refractivity contribution in [3.63, 3.8) is 0 Å². The zero-order valence-electron chi connectivity index (χ0n) is 10.1. The average Bonchev–Trinajstić information content (AvgIpc) is 2.32. The van der Waals surface area contributed by atoms with Crippen LogP contribution in [0.15, 0.2) is 0 Å². The number of alkyl halides is 6. The zero-order valence-corrected chi connectivity index (χ0v) is 16.2. The Labute approximate surface area is 153 Å². The lowest BCUT2D eigenvalue weighted by molar-refractivity contribution is 0.597. The fourth-order valence-electron chi connectivity index (χ4n) is 1.20. The first kappa shape index (κ1) is 21.2. The molecule has 4 unspecified atom stereocenters. The van der Waals surface area contributed by atoms with E-state index in [0.29, 0.717) is 0 Å². The van der Waals surface area contributed by atoms with E-state index in [-0.39, 0.29) is 0 Å². The molecule has 0 radical (unpaired) electrons. The largest absolute Gasteiger partial charge is 0.267 e. The summed E-state index contributed by atoms with van der Waals surface area (Å²) in [6, 6.07) is 0. The molecular weight excluding hydrogens is 429 g/mol. The summed E-state index contributed by atoms with van der Waals surface area (Å²) in [5.74, 6) is 4.33. The molecule has 0 N–H and O–H groups in total. The van der Waals surface area contributed by atoms with Gasteiger partial charge in [-0.05, 0) is 13.8 Å². The molecule has 0 saturated carbocycles. The van der Waals surface area contributed by atoms with Gasteiger partial charge in [0.25, 0.3) is 6.25 Å². The van der Waals surface area contributed by atoms with Crippen LogP contribution in [0.2, 0.25) is 0 Å². The Morgan fingerprint density at radius 3 is 1.05 bits per heavy atom. The molecule has 0 saturated heterocycles. The van der Waals surface area contributed by atoms with Crippen molar-refractivity contribution in [2.24, 2.45) is 0 Å². The number of terminal acetylenes is 2. The molecular formula is C10H8Cl6O2S2. The normalized spacial score (nSPS) is 21.7. The lowest BCUT2D eigenvalue weighted by Crippen LogP contribution is -2.58. The zero-order chi connectivity index (χ0) is 16.6. The van der Waals surface area contributed by atoms with Crippen molar-refractivity contribution in [1.82, 2.24) is 0 Å². The molecule has 0 aliphatic carbocycles. The number of hydrogen-bond donors (Lipinski definition) is 0. The Morgan fingerprint density at radius 2 is 0.950 bits per heavy atom. The molecule has 0 aliphatic rings. The highest BCUT2D eigenvalue weighted by Gasteiger charge is 2.60. The molecule has 114 valence electrons. The van der Waals surface area contributed by atoms with Crippen molar-refractivity contribution in [3.8, 4) is 24.7 Å². The van der Waals surface area contributed by atoms with Crippen molar-refractivity contribution in [2.45, 2.75) is 29.6 Å². The van der Waals surface area contributed by atoms with E-state index < -0.39 is 37.3 Å². The van der Waals surface area contributed by atoms with E-state index in [1.54, 1.807) is 0 Å². The van der Waals surface area contributed by atoms with Gasteiger partial charge in [-0.2, -0.15) is 0 Å². The van der Waals surface area contributed by atoms with Gasteiger partial charge >= 0.3 is 0 Å². The van der Waals surface area contributed by atoms with Gasteiger partial charge in [0.15, 0.2) is 0 Å². The molecule has 0 fully saturated rings. The van der Waals surface area contributed by atoms with Gasteiger partial charge in [-0.3, -0.25) is 8.42 Å². The van der Waals surface area contributed by atoms with E-state index in [0.717, 1.165) is 0 Å². The van der Waals surface area contributed by atoms with Crippen molar-refractivity contribution < 1.29 is 8.42 Å². The monoisotopic (exact) mass is 434 g/mol. The minimum atomic E-state index is -2.32. The van der Waals surface area contributed by atoms with Crippen molar-refractivity contribution in [2.75, 3.05) is 0 Å². The Bertz CT molecular complexity index is 476. The number of rotatable bonds is 3. The van der Waals surface area contributed by atoms with Crippen molar-refractivity contribution in [1.29, 1.82) is 0 Å². The fourth-order valence-corrected chi connectivity index (χ4v) is 6.40. The summed E-state index contributed by atoms with van der Waals surface area (Å²) in [5.41, 5.74) is 0. The molecule has 0 spiro atoms. The fraction of sp³-hybridized carbons (Fsp3) is 0.600. The van der Waals surface area contributed by atoms with E-state index in [9.17, 15) is 8.42 Å². The first-order chi connectivity index (χ1) is 8.68. The van der Waals surface area contributed by atoms with E-state index >= 15 is 0 Å². The molecule has 0 aromatic heterocycles. The highest BCUT2D eigenvalue weighted by molar-refractivity contribution is 7.97. The maximum Gasteiger partial charge on any atom is 0.267 e. The van der Waals surface area contributed by atoms with Crippen LogP contribution in [0, 0.1) is 24.7 Å². The minimum Gasteiger partial charge on any atom is -0.253 e. The number of halogens is 6. The molecule has 4 atom stereocenters. The van der Waals surface area contributed by atoms with Crippen molar-refractivity contribution >= 4 is 91.2 Å². The lowest BCUT2D eigenvalue weighted by Gasteiger charge is -2.40. The van der Waals surface area contributed by atoms with Gasteiger partial charge in [0.1, 0.15) is 9.49 Å². The van der Waals surface area contributed by atoms with E-state index in [4.69, 9.17) is 82.5 Å². The van der Waals surface area contributed by atoms with Crippen LogP contribution in [0.1, 0.15) is 13.8 Å². The SMILES string of the molecule is C#CC(C)(S(=O)C(Cl)(Cl)Cl)C(C)(C#C)S(=O)C(Cl)(Cl)Cl. The molecule has 0 heterocycles. The molecule has 20 heavy (non-hydrogen) atoms. The summed E-state index contributed by atoms with van der Waals surface area (Å²) in [5, 5.41) is 0. The molecule has 0 rings (SSSR count). The summed E-state index contributed by atoms with van der Waals surface area (Å²) in [6.45, 7) is 2.50. The smallest absolute Gasteiger partial charge is 0.253 e. The predicted molar refractivity (Wildman–Crippen MR) is 91.3 cm³/mol. The van der Waals surface area contributed by atoms with Crippen LogP contribution >= 0.6 is 69.6 Å². The standard InChI is InChI=1S/C10H8Cl6O2S2/c1-5-7(3,19(17)9(11,12)13)8(4,6-2)20(18)10(14,15)16/h1-2H,3-4H3. The van der Waals surface area contributed by atoms with Gasteiger partial charge in [0.2, 0.25) is 0 Å². The molecule has 0 aliphatic heterocycles. The van der Waals surface area contributed by atoms with Crippen LogP contribution in [0.3, 0.4) is 0 Å². The van der Waals surface area contributed by atoms with Crippen molar-refractivity contribution in [3.05, 3.63) is 0 Å². The maximum absolute atomic E-state index is 12.4. The first-order valence-corrected chi connectivity index (χ1v) is 9.18. The Kier molecular flexibility index (Phi) is 7.12. The summed E-state index contributed by atoms with van der Waals surface area (Å²) < 4.78 is 16.6. The summed E-state index contributed by atoms with van der Waals surface area (Å²) in [6.07, 6.45) is 10.7. The average molecular weight is 437 g/mol. The Morgan fingerprint density at radius 1 is 0.750 bits per heavy atom. The van der Waals surface area contributed by atoms with E-state index in [1.165, 1.54) is 13.8 Å². The quantitative estimate of drug-likeness (QED) is 0.496. The van der Waals surface area contributed by atoms with Crippen LogP contribution in [-0.4, -0.2) is 24.2 Å². The Hall–Kier alpha value is 1.16. The highest BCUT2D eigenvalue weighted by atomic mass is 35.6. The second-order valence-corrected chi connectivity index (χ2v) is 13.6. The lowest BCUT2D eigenvalue weighted by atomic mass is 9.95. The third kappa shape index (κ3) is 3.92. The van der Waals surface area contributed by atoms with Gasteiger partial charge in [-0.25, -0.2) is 0 Å². The van der Waals surface area contributed by atoms with E-state index in [2.05, 4.69) is 11.8 Å². The van der Waals surface area contributed by atoms with Crippen LogP contribution in [-0.2, 0) is 21.6 Å². The first-order valence-electron chi connectivity index (χ1n) is 4.61. The third-order valence-electron chi connectivity index (χ3n) is 2.62. The summed E-state index contributed by atoms with van der Waals surface area (Å²) in [7, 11) is -4.63. The van der Waals surface area contributed by atoms with Gasteiger partial charge in [-0.15, -0.1) is 12.8 Å². The molecule has 0 amide bonds. The van der Waals surface area contributed by atoms with Crippen LogP contribution in [0.25, 0.3) is 0 Å². The van der Waals surface area contributed by atoms with Gasteiger partial charge in [0, 0.05) is 0 Å². The van der Waals surface area contributed by atoms with Crippen LogP contribution < -0.4 is 0 Å². The van der Waals surface area contributed by atoms with Crippen LogP contribution in [0.5, 0.6) is 0 Å². The third-order valence-corrected chi connectivity index (χ3v) is 8.65. The molecule has 0 aromatic rings. The highest BCUT2D eigenvalue weighted by Crippen LogP contribution is 2.47. The minimum absolute atomic E-state index is 1.25. The summed E-state index contributed by atoms with van der Waals surface area (Å²) >= 11 is 33.6. The second kappa shape index (κ2) is 6.73. The predicted octanol–water partition coefficient (Wildman–Crippen LogP) is 3.92. The number of hydrogen-bond acceptors (Lipinski definition) is 2. The van der Waals surface area contributed by atoms with Crippen LogP contribution in [0.4, 0.5) is 0 Å². The molecule has 0 aromatic carbocycles. The van der Waals surface area contributed by atoms with Gasteiger partial charge < -0.3 is 0 Å². The maximum atomic E-state index is 12.4. The van der Waals surface area contributed by atoms with Gasteiger partial charge in [-0.1, -0.05) is 81.4 Å². The summed E-state index contributed by atoms with van der Waals surface area (Å²) in [4.78, 5) is 0. The second-order valence-electron chi connectivity index (χ2n) is 3.78. The van der Waals surface area contributed by atoms with Gasteiger partial charge in [0.05, 0.1) is 21.6 Å².